The van der Waals surface area contributed by atoms with Crippen molar-refractivity contribution >= 4 is 23.1 Å². The number of hydrogen-bond acceptors (Lipinski definition) is 3. The molecule has 2 rings (SSSR count). The Hall–Kier alpha value is -1.62. The maximum Gasteiger partial charge on any atom is 0.262 e. The Morgan fingerprint density at radius 3 is 2.93 bits per heavy atom. The molecule has 1 aromatic carbocycles. The summed E-state index contributed by atoms with van der Waals surface area (Å²) in [5.74, 6) is 0.0766. The SMILES string of the molecule is CCn1c(=S)[nH]c2ccc(O)cc2c1=O. The zero-order valence-corrected chi connectivity index (χ0v) is 8.97. The molecule has 0 saturated carbocycles. The molecule has 0 aliphatic carbocycles. The second kappa shape index (κ2) is 3.51. The van der Waals surface area contributed by atoms with Gasteiger partial charge in [0.05, 0.1) is 10.9 Å². The second-order valence-electron chi connectivity index (χ2n) is 3.21. The predicted octanol–water partition coefficient (Wildman–Crippen LogP) is 1.78. The van der Waals surface area contributed by atoms with Crippen molar-refractivity contribution in [3.8, 4) is 5.75 Å². The van der Waals surface area contributed by atoms with E-state index in [1.165, 1.54) is 16.7 Å². The van der Waals surface area contributed by atoms with E-state index in [-0.39, 0.29) is 11.3 Å². The highest BCUT2D eigenvalue weighted by Gasteiger charge is 2.04. The van der Waals surface area contributed by atoms with Crippen LogP contribution >= 0.6 is 12.2 Å². The minimum absolute atomic E-state index is 0.0766. The number of aromatic nitrogens is 2. The van der Waals surface area contributed by atoms with Crippen LogP contribution in [0, 0.1) is 4.77 Å². The molecule has 0 spiro atoms. The third-order valence-electron chi connectivity index (χ3n) is 2.28. The van der Waals surface area contributed by atoms with Crippen LogP contribution in [0.2, 0.25) is 0 Å². The average molecular weight is 222 g/mol. The van der Waals surface area contributed by atoms with E-state index in [0.29, 0.717) is 22.2 Å². The zero-order chi connectivity index (χ0) is 11.0. The smallest absolute Gasteiger partial charge is 0.262 e. The van der Waals surface area contributed by atoms with E-state index in [1.54, 1.807) is 6.07 Å². The summed E-state index contributed by atoms with van der Waals surface area (Å²) in [7, 11) is 0. The Labute approximate surface area is 90.8 Å². The van der Waals surface area contributed by atoms with Crippen LogP contribution in [0.5, 0.6) is 5.75 Å². The van der Waals surface area contributed by atoms with Gasteiger partial charge in [0.1, 0.15) is 5.75 Å². The van der Waals surface area contributed by atoms with Crippen LogP contribution in [0.3, 0.4) is 0 Å². The normalized spacial score (nSPS) is 10.7. The van der Waals surface area contributed by atoms with Gasteiger partial charge in [0.2, 0.25) is 0 Å². The Morgan fingerprint density at radius 1 is 1.53 bits per heavy atom. The molecule has 5 heteroatoms. The Kier molecular flexibility index (Phi) is 2.32. The lowest BCUT2D eigenvalue weighted by Gasteiger charge is -2.04. The fraction of sp³-hybridized carbons (Fsp3) is 0.200. The molecule has 1 heterocycles. The Morgan fingerprint density at radius 2 is 2.27 bits per heavy atom. The first-order chi connectivity index (χ1) is 7.13. The summed E-state index contributed by atoms with van der Waals surface area (Å²) in [6.07, 6.45) is 0. The molecule has 4 nitrogen and oxygen atoms in total. The number of nitrogens with one attached hydrogen (secondary N) is 1. The van der Waals surface area contributed by atoms with Crippen molar-refractivity contribution in [2.75, 3.05) is 0 Å². The summed E-state index contributed by atoms with van der Waals surface area (Å²) in [5, 5.41) is 9.75. The van der Waals surface area contributed by atoms with Gasteiger partial charge in [-0.05, 0) is 37.3 Å². The van der Waals surface area contributed by atoms with Gasteiger partial charge in [0, 0.05) is 6.54 Å². The summed E-state index contributed by atoms with van der Waals surface area (Å²) < 4.78 is 1.86. The maximum atomic E-state index is 11.9. The fourth-order valence-electron chi connectivity index (χ4n) is 1.53. The minimum Gasteiger partial charge on any atom is -0.508 e. The molecule has 78 valence electrons. The number of benzene rings is 1. The molecule has 15 heavy (non-hydrogen) atoms. The van der Waals surface area contributed by atoms with Crippen LogP contribution in [0.15, 0.2) is 23.0 Å². The number of hydrogen-bond donors (Lipinski definition) is 2. The number of aromatic hydroxyl groups is 1. The van der Waals surface area contributed by atoms with Gasteiger partial charge in [-0.15, -0.1) is 0 Å². The monoisotopic (exact) mass is 222 g/mol. The molecule has 0 radical (unpaired) electrons. The lowest BCUT2D eigenvalue weighted by molar-refractivity contribution is 0.476. The van der Waals surface area contributed by atoms with Crippen LogP contribution in [0.4, 0.5) is 0 Å². The number of phenolic OH excluding ortho intramolecular Hbond substituents is 1. The van der Waals surface area contributed by atoms with Gasteiger partial charge in [0.25, 0.3) is 5.56 Å². The molecule has 0 fully saturated rings. The lowest BCUT2D eigenvalue weighted by atomic mass is 10.2. The van der Waals surface area contributed by atoms with Crippen LogP contribution in [-0.4, -0.2) is 14.7 Å². The first kappa shape index (κ1) is 9.92. The maximum absolute atomic E-state index is 11.9. The van der Waals surface area contributed by atoms with Crippen molar-refractivity contribution in [2.24, 2.45) is 0 Å². The van der Waals surface area contributed by atoms with E-state index in [1.807, 2.05) is 6.92 Å². The molecule has 0 amide bonds. The van der Waals surface area contributed by atoms with Crippen molar-refractivity contribution in [1.82, 2.24) is 9.55 Å². The summed E-state index contributed by atoms with van der Waals surface area (Å²) in [6.45, 7) is 2.36. The predicted molar refractivity (Wildman–Crippen MR) is 60.7 cm³/mol. The summed E-state index contributed by atoms with van der Waals surface area (Å²) in [4.78, 5) is 14.8. The molecular weight excluding hydrogens is 212 g/mol. The van der Waals surface area contributed by atoms with E-state index >= 15 is 0 Å². The number of nitrogens with zero attached hydrogens (tertiary/aromatic N) is 1. The van der Waals surface area contributed by atoms with Crippen LogP contribution in [-0.2, 0) is 6.54 Å². The fourth-order valence-corrected chi connectivity index (χ4v) is 1.85. The van der Waals surface area contributed by atoms with Crippen molar-refractivity contribution in [3.05, 3.63) is 33.3 Å². The molecule has 0 atom stereocenters. The lowest BCUT2D eigenvalue weighted by Crippen LogP contribution is -2.21. The molecule has 1 aromatic heterocycles. The zero-order valence-electron chi connectivity index (χ0n) is 8.15. The van der Waals surface area contributed by atoms with Crippen molar-refractivity contribution in [2.45, 2.75) is 13.5 Å². The molecule has 0 saturated heterocycles. The molecule has 0 bridgehead atoms. The molecular formula is C10H10N2O2S. The average Bonchev–Trinajstić information content (AvgIpc) is 2.20. The van der Waals surface area contributed by atoms with E-state index in [2.05, 4.69) is 4.98 Å². The third kappa shape index (κ3) is 1.55. The molecule has 0 unspecified atom stereocenters. The molecule has 2 aromatic rings. The van der Waals surface area contributed by atoms with Crippen molar-refractivity contribution < 1.29 is 5.11 Å². The molecule has 0 aliphatic heterocycles. The highest BCUT2D eigenvalue weighted by molar-refractivity contribution is 7.71. The minimum atomic E-state index is -0.174. The van der Waals surface area contributed by atoms with E-state index in [0.717, 1.165) is 0 Å². The van der Waals surface area contributed by atoms with Crippen molar-refractivity contribution in [3.63, 3.8) is 0 Å². The van der Waals surface area contributed by atoms with E-state index in [4.69, 9.17) is 12.2 Å². The van der Waals surface area contributed by atoms with Gasteiger partial charge in [-0.1, -0.05) is 0 Å². The number of H-pyrrole nitrogens is 1. The van der Waals surface area contributed by atoms with Crippen LogP contribution < -0.4 is 5.56 Å². The van der Waals surface area contributed by atoms with Gasteiger partial charge < -0.3 is 10.1 Å². The van der Waals surface area contributed by atoms with E-state index in [9.17, 15) is 9.90 Å². The van der Waals surface area contributed by atoms with Gasteiger partial charge in [-0.25, -0.2) is 0 Å². The molecule has 2 N–H and O–H groups in total. The second-order valence-corrected chi connectivity index (χ2v) is 3.60. The Bertz CT molecular complexity index is 627. The summed E-state index contributed by atoms with van der Waals surface area (Å²) in [5.41, 5.74) is 0.472. The van der Waals surface area contributed by atoms with Gasteiger partial charge in [0.15, 0.2) is 4.77 Å². The number of fused-ring (bicyclic) bond motifs is 1. The number of phenols is 1. The summed E-state index contributed by atoms with van der Waals surface area (Å²) in [6, 6.07) is 4.60. The standard InChI is InChI=1S/C10H10N2O2S/c1-2-12-9(14)7-5-6(13)3-4-8(7)11-10(12)15/h3-5,13H,2H2,1H3,(H,11,15). The van der Waals surface area contributed by atoms with Crippen LogP contribution in [0.1, 0.15) is 6.92 Å². The highest BCUT2D eigenvalue weighted by atomic mass is 32.1. The van der Waals surface area contributed by atoms with Gasteiger partial charge in [-0.3, -0.25) is 9.36 Å². The van der Waals surface area contributed by atoms with Gasteiger partial charge in [-0.2, -0.15) is 0 Å². The highest BCUT2D eigenvalue weighted by Crippen LogP contribution is 2.14. The van der Waals surface area contributed by atoms with Gasteiger partial charge >= 0.3 is 0 Å². The first-order valence-electron chi connectivity index (χ1n) is 4.59. The number of aromatic amines is 1. The van der Waals surface area contributed by atoms with Crippen LogP contribution in [0.25, 0.3) is 10.9 Å². The quantitative estimate of drug-likeness (QED) is 0.723. The van der Waals surface area contributed by atoms with Crippen molar-refractivity contribution in [1.29, 1.82) is 0 Å². The molecule has 0 aliphatic rings. The third-order valence-corrected chi connectivity index (χ3v) is 2.60. The number of rotatable bonds is 1. The largest absolute Gasteiger partial charge is 0.508 e. The Balaban J connectivity index is 2.99. The summed E-state index contributed by atoms with van der Waals surface area (Å²) >= 11 is 5.04. The topological polar surface area (TPSA) is 58.0 Å². The van der Waals surface area contributed by atoms with E-state index < -0.39 is 0 Å². The first-order valence-corrected chi connectivity index (χ1v) is 5.00.